The van der Waals surface area contributed by atoms with Gasteiger partial charge in [-0.15, -0.1) is 0 Å². The second kappa shape index (κ2) is 13.8. The Balaban J connectivity index is 1.50. The van der Waals surface area contributed by atoms with Crippen molar-refractivity contribution < 1.29 is 22.7 Å². The highest BCUT2D eigenvalue weighted by molar-refractivity contribution is 7.92. The fourth-order valence-corrected chi connectivity index (χ4v) is 6.94. The fourth-order valence-electron chi connectivity index (χ4n) is 5.85. The minimum absolute atomic E-state index is 0.00452. The van der Waals surface area contributed by atoms with Crippen LogP contribution in [0.5, 0.6) is 11.5 Å². The number of hydrogen-bond acceptors (Lipinski definition) is 6. The summed E-state index contributed by atoms with van der Waals surface area (Å²) in [5.74, 6) is 1.10. The molecule has 0 fully saturated rings. The number of hydrogen-bond donors (Lipinski definition) is 1. The maximum absolute atomic E-state index is 14.7. The zero-order valence-corrected chi connectivity index (χ0v) is 28.3. The standard InChI is InChI=1S/C39H39N3O5S/c1-5-46-33-21-17-32(18-22-33)42-38(30-13-19-34(20-14-30)47-27(2)3)41(26-29-9-7-6-8-10-29)37-24-23-35(25-36(37)39(42)43)48(44,45)40-31-15-11-28(4)12-16-31/h6-25,27,38,40H,5,26H2,1-4H3/t38-/m1/s1. The minimum Gasteiger partial charge on any atom is -0.494 e. The lowest BCUT2D eigenvalue weighted by Crippen LogP contribution is -2.49. The first-order chi connectivity index (χ1) is 23.1. The maximum atomic E-state index is 14.7. The van der Waals surface area contributed by atoms with Gasteiger partial charge in [-0.3, -0.25) is 14.4 Å². The Labute approximate surface area is 282 Å². The number of carbonyl (C=O) groups is 1. The molecule has 1 N–H and O–H groups in total. The van der Waals surface area contributed by atoms with Crippen LogP contribution in [-0.4, -0.2) is 27.0 Å². The van der Waals surface area contributed by atoms with Crippen LogP contribution in [0.4, 0.5) is 17.1 Å². The number of nitrogens with one attached hydrogen (secondary N) is 1. The topological polar surface area (TPSA) is 88.2 Å². The van der Waals surface area contributed by atoms with Gasteiger partial charge in [-0.2, -0.15) is 0 Å². The molecule has 5 aromatic rings. The van der Waals surface area contributed by atoms with Gasteiger partial charge in [0.05, 0.1) is 28.9 Å². The van der Waals surface area contributed by atoms with E-state index in [0.717, 1.165) is 22.4 Å². The maximum Gasteiger partial charge on any atom is 0.262 e. The molecule has 0 saturated heterocycles. The van der Waals surface area contributed by atoms with E-state index >= 15 is 0 Å². The van der Waals surface area contributed by atoms with Gasteiger partial charge in [0.2, 0.25) is 0 Å². The van der Waals surface area contributed by atoms with Crippen LogP contribution in [0, 0.1) is 6.92 Å². The predicted molar refractivity (Wildman–Crippen MR) is 190 cm³/mol. The lowest BCUT2D eigenvalue weighted by Gasteiger charge is -2.46. The monoisotopic (exact) mass is 661 g/mol. The summed E-state index contributed by atoms with van der Waals surface area (Å²) in [7, 11) is -4.00. The largest absolute Gasteiger partial charge is 0.494 e. The van der Waals surface area contributed by atoms with Crippen LogP contribution in [-0.2, 0) is 16.6 Å². The van der Waals surface area contributed by atoms with Gasteiger partial charge in [-0.05, 0) is 106 Å². The Morgan fingerprint density at radius 3 is 2.12 bits per heavy atom. The molecular formula is C39H39N3O5S. The third-order valence-electron chi connectivity index (χ3n) is 8.05. The van der Waals surface area contributed by atoms with Crippen LogP contribution in [0.1, 0.15) is 54.0 Å². The smallest absolute Gasteiger partial charge is 0.262 e. The second-order valence-corrected chi connectivity index (χ2v) is 13.7. The molecule has 0 unspecified atom stereocenters. The first kappa shape index (κ1) is 32.7. The van der Waals surface area contributed by atoms with Gasteiger partial charge in [0, 0.05) is 17.9 Å². The molecule has 0 aromatic heterocycles. The normalized spacial score (nSPS) is 14.5. The van der Waals surface area contributed by atoms with Crippen LogP contribution in [0.2, 0.25) is 0 Å². The summed E-state index contributed by atoms with van der Waals surface area (Å²) in [6.07, 6.45) is -0.552. The average molecular weight is 662 g/mol. The molecule has 8 nitrogen and oxygen atoms in total. The quantitative estimate of drug-likeness (QED) is 0.153. The molecule has 1 aliphatic heterocycles. The third-order valence-corrected chi connectivity index (χ3v) is 9.43. The van der Waals surface area contributed by atoms with E-state index in [1.54, 1.807) is 29.2 Å². The first-order valence-corrected chi connectivity index (χ1v) is 17.5. The van der Waals surface area contributed by atoms with Crippen molar-refractivity contribution in [3.63, 3.8) is 0 Å². The molecule has 0 aliphatic carbocycles. The van der Waals surface area contributed by atoms with Crippen molar-refractivity contribution >= 4 is 33.0 Å². The molecule has 0 spiro atoms. The summed E-state index contributed by atoms with van der Waals surface area (Å²) in [5, 5.41) is 0. The van der Waals surface area contributed by atoms with Crippen LogP contribution >= 0.6 is 0 Å². The van der Waals surface area contributed by atoms with Crippen molar-refractivity contribution in [3.05, 3.63) is 144 Å². The van der Waals surface area contributed by atoms with Gasteiger partial charge < -0.3 is 14.4 Å². The second-order valence-electron chi connectivity index (χ2n) is 12.0. The molecular weight excluding hydrogens is 623 g/mol. The van der Waals surface area contributed by atoms with Gasteiger partial charge in [0.25, 0.3) is 15.9 Å². The van der Waals surface area contributed by atoms with Gasteiger partial charge >= 0.3 is 0 Å². The number of amides is 1. The Hall–Kier alpha value is -5.28. The number of nitrogens with zero attached hydrogens (tertiary/aromatic N) is 2. The number of carbonyl (C=O) groups excluding carboxylic acids is 1. The van der Waals surface area contributed by atoms with Crippen molar-refractivity contribution in [2.75, 3.05) is 21.1 Å². The van der Waals surface area contributed by atoms with Gasteiger partial charge in [-0.25, -0.2) is 8.42 Å². The van der Waals surface area contributed by atoms with Gasteiger partial charge in [-0.1, -0.05) is 60.2 Å². The van der Waals surface area contributed by atoms with Gasteiger partial charge in [0.1, 0.15) is 17.7 Å². The fraction of sp³-hybridized carbons (Fsp3) is 0.205. The number of ether oxygens (including phenoxy) is 2. The number of anilines is 3. The van der Waals surface area contributed by atoms with Crippen LogP contribution in [0.15, 0.2) is 126 Å². The molecule has 0 saturated carbocycles. The Morgan fingerprint density at radius 1 is 0.812 bits per heavy atom. The van der Waals surface area contributed by atoms with Crippen molar-refractivity contribution in [3.8, 4) is 11.5 Å². The van der Waals surface area contributed by atoms with E-state index in [0.29, 0.717) is 36.0 Å². The average Bonchev–Trinajstić information content (AvgIpc) is 3.08. The Kier molecular flexibility index (Phi) is 9.41. The zero-order chi connectivity index (χ0) is 33.8. The lowest BCUT2D eigenvalue weighted by atomic mass is 9.99. The van der Waals surface area contributed by atoms with E-state index in [1.807, 2.05) is 119 Å². The number of benzene rings is 5. The van der Waals surface area contributed by atoms with E-state index in [2.05, 4.69) is 9.62 Å². The molecule has 5 aromatic carbocycles. The molecule has 1 aliphatic rings. The van der Waals surface area contributed by atoms with Gasteiger partial charge in [0.15, 0.2) is 0 Å². The third kappa shape index (κ3) is 7.01. The summed E-state index contributed by atoms with van der Waals surface area (Å²) in [4.78, 5) is 18.6. The highest BCUT2D eigenvalue weighted by atomic mass is 32.2. The summed E-state index contributed by atoms with van der Waals surface area (Å²) in [6.45, 7) is 8.78. The van der Waals surface area contributed by atoms with Crippen molar-refractivity contribution in [2.45, 2.75) is 51.4 Å². The van der Waals surface area contributed by atoms with E-state index < -0.39 is 16.2 Å². The summed E-state index contributed by atoms with van der Waals surface area (Å²) < 4.78 is 41.5. The molecule has 48 heavy (non-hydrogen) atoms. The van der Waals surface area contributed by atoms with Crippen molar-refractivity contribution in [2.24, 2.45) is 0 Å². The molecule has 0 radical (unpaired) electrons. The molecule has 9 heteroatoms. The first-order valence-electron chi connectivity index (χ1n) is 16.0. The van der Waals surface area contributed by atoms with E-state index in [-0.39, 0.29) is 22.5 Å². The van der Waals surface area contributed by atoms with E-state index in [9.17, 15) is 13.2 Å². The highest BCUT2D eigenvalue weighted by Gasteiger charge is 2.40. The molecule has 246 valence electrons. The van der Waals surface area contributed by atoms with Crippen LogP contribution in [0.25, 0.3) is 0 Å². The number of sulfonamides is 1. The predicted octanol–water partition coefficient (Wildman–Crippen LogP) is 8.35. The van der Waals surface area contributed by atoms with E-state index in [1.165, 1.54) is 6.07 Å². The summed E-state index contributed by atoms with van der Waals surface area (Å²) in [5.41, 5.74) is 4.92. The van der Waals surface area contributed by atoms with Crippen molar-refractivity contribution in [1.82, 2.24) is 0 Å². The Morgan fingerprint density at radius 2 is 1.48 bits per heavy atom. The van der Waals surface area contributed by atoms with Crippen molar-refractivity contribution in [1.29, 1.82) is 0 Å². The summed E-state index contributed by atoms with van der Waals surface area (Å²) >= 11 is 0. The molecule has 1 atom stereocenters. The lowest BCUT2D eigenvalue weighted by molar-refractivity contribution is 0.0968. The van der Waals surface area contributed by atoms with E-state index in [4.69, 9.17) is 9.47 Å². The minimum atomic E-state index is -4.00. The molecule has 0 bridgehead atoms. The Bertz CT molecular complexity index is 1980. The van der Waals surface area contributed by atoms with Crippen LogP contribution in [0.3, 0.4) is 0 Å². The number of rotatable bonds is 11. The zero-order valence-electron chi connectivity index (χ0n) is 27.5. The van der Waals surface area contributed by atoms with Crippen LogP contribution < -0.4 is 24.0 Å². The summed E-state index contributed by atoms with van der Waals surface area (Å²) in [6, 6.07) is 37.1. The molecule has 1 heterocycles. The molecule has 6 rings (SSSR count). The SMILES string of the molecule is CCOc1ccc(N2C(=O)c3cc(S(=O)(=O)Nc4ccc(C)cc4)ccc3N(Cc3ccccc3)[C@H]2c2ccc(OC(C)C)cc2)cc1. The molecule has 1 amide bonds. The highest BCUT2D eigenvalue weighted by Crippen LogP contribution is 2.44. The number of fused-ring (bicyclic) bond motifs is 1. The number of aryl methyl sites for hydroxylation is 1.